The molecule has 2 aromatic rings. The number of amides is 1. The van der Waals surface area contributed by atoms with Gasteiger partial charge < -0.3 is 10.0 Å². The summed E-state index contributed by atoms with van der Waals surface area (Å²) in [5.41, 5.74) is 3.08. The molecule has 0 radical (unpaired) electrons. The number of carbonyl (C=O) groups is 2. The van der Waals surface area contributed by atoms with Gasteiger partial charge >= 0.3 is 5.97 Å². The second-order valence-electron chi connectivity index (χ2n) is 5.13. The maximum absolute atomic E-state index is 12.3. The lowest BCUT2D eigenvalue weighted by Crippen LogP contribution is -2.35. The molecule has 1 N–H and O–H groups in total. The highest BCUT2D eigenvalue weighted by Gasteiger charge is 2.20. The quantitative estimate of drug-likeness (QED) is 0.917. The van der Waals surface area contributed by atoms with Crippen LogP contribution in [-0.2, 0) is 4.79 Å². The molecule has 0 spiro atoms. The fourth-order valence-corrected chi connectivity index (χ4v) is 2.18. The molecule has 0 aliphatic heterocycles. The number of benzene rings is 1. The molecule has 0 aliphatic rings. The molecule has 6 heteroatoms. The largest absolute Gasteiger partial charge is 0.480 e. The Bertz CT molecular complexity index is 689. The summed E-state index contributed by atoms with van der Waals surface area (Å²) in [5.74, 6) is -1.41. The van der Waals surface area contributed by atoms with Gasteiger partial charge in [-0.3, -0.25) is 9.59 Å². The molecular weight excluding hydrogens is 282 g/mol. The fraction of sp³-hybridized carbons (Fsp3) is 0.312. The van der Waals surface area contributed by atoms with Crippen LogP contribution in [0, 0.1) is 13.8 Å². The van der Waals surface area contributed by atoms with Gasteiger partial charge in [0.05, 0.1) is 5.69 Å². The molecule has 1 heterocycles. The topological polar surface area (TPSA) is 75.4 Å². The summed E-state index contributed by atoms with van der Waals surface area (Å²) >= 11 is 0. The first kappa shape index (κ1) is 15.8. The Morgan fingerprint density at radius 1 is 1.23 bits per heavy atom. The number of likely N-dealkylation sites (N-methyl/N-ethyl adjacent to an activating group) is 1. The Morgan fingerprint density at radius 3 is 2.41 bits per heavy atom. The number of hydrogen-bond acceptors (Lipinski definition) is 3. The number of carbonyl (C=O) groups excluding carboxylic acids is 1. The van der Waals surface area contributed by atoms with Crippen LogP contribution in [-0.4, -0.2) is 44.8 Å². The number of carboxylic acid groups (broad SMARTS) is 1. The van der Waals surface area contributed by atoms with Crippen LogP contribution in [0.15, 0.2) is 30.3 Å². The van der Waals surface area contributed by atoms with Gasteiger partial charge in [0.15, 0.2) is 5.69 Å². The van der Waals surface area contributed by atoms with Gasteiger partial charge in [-0.25, -0.2) is 4.68 Å². The number of rotatable bonds is 5. The van der Waals surface area contributed by atoms with Gasteiger partial charge in [-0.2, -0.15) is 5.10 Å². The van der Waals surface area contributed by atoms with E-state index < -0.39 is 5.97 Å². The molecule has 0 aliphatic carbocycles. The molecule has 0 atom stereocenters. The average molecular weight is 301 g/mol. The van der Waals surface area contributed by atoms with Crippen molar-refractivity contribution < 1.29 is 14.7 Å². The summed E-state index contributed by atoms with van der Waals surface area (Å²) in [5, 5.41) is 13.2. The Balaban J connectivity index is 2.30. The van der Waals surface area contributed by atoms with E-state index in [4.69, 9.17) is 5.11 Å². The zero-order valence-corrected chi connectivity index (χ0v) is 12.9. The predicted octanol–water partition coefficient (Wildman–Crippen LogP) is 2.04. The maximum Gasteiger partial charge on any atom is 0.323 e. The average Bonchev–Trinajstić information content (AvgIpc) is 2.86. The fourth-order valence-electron chi connectivity index (χ4n) is 2.18. The van der Waals surface area contributed by atoms with Crippen molar-refractivity contribution in [2.45, 2.75) is 20.8 Å². The van der Waals surface area contributed by atoms with Gasteiger partial charge in [-0.1, -0.05) is 17.7 Å². The van der Waals surface area contributed by atoms with Crippen molar-refractivity contribution in [3.05, 3.63) is 47.3 Å². The molecule has 2 rings (SSSR count). The first-order chi connectivity index (χ1) is 10.4. The van der Waals surface area contributed by atoms with Crippen molar-refractivity contribution in [3.63, 3.8) is 0 Å². The molecule has 1 amide bonds. The lowest BCUT2D eigenvalue weighted by molar-refractivity contribution is -0.137. The highest BCUT2D eigenvalue weighted by Crippen LogP contribution is 2.14. The van der Waals surface area contributed by atoms with Gasteiger partial charge in [-0.05, 0) is 39.0 Å². The molecule has 1 aromatic heterocycles. The smallest absolute Gasteiger partial charge is 0.323 e. The number of aliphatic carboxylic acids is 1. The van der Waals surface area contributed by atoms with E-state index in [2.05, 4.69) is 5.10 Å². The van der Waals surface area contributed by atoms with Gasteiger partial charge in [-0.15, -0.1) is 0 Å². The number of nitrogens with zero attached hydrogens (tertiary/aromatic N) is 3. The number of aryl methyl sites for hydroxylation is 2. The molecule has 1 aromatic carbocycles. The second kappa shape index (κ2) is 6.43. The minimum absolute atomic E-state index is 0.251. The number of carboxylic acids is 1. The van der Waals surface area contributed by atoms with E-state index in [1.54, 1.807) is 17.7 Å². The summed E-state index contributed by atoms with van der Waals surface area (Å²) in [7, 11) is 0. The molecule has 22 heavy (non-hydrogen) atoms. The molecule has 0 fully saturated rings. The standard InChI is InChI=1S/C16H19N3O3/c1-4-18(10-15(20)21)16(22)14-9-12(3)19(17-14)13-7-5-11(2)6-8-13/h5-9H,4,10H2,1-3H3,(H,20,21). The minimum atomic E-state index is -1.04. The Kier molecular flexibility index (Phi) is 4.60. The first-order valence-electron chi connectivity index (χ1n) is 7.07. The molecule has 116 valence electrons. The van der Waals surface area contributed by atoms with E-state index in [0.29, 0.717) is 6.54 Å². The third kappa shape index (κ3) is 3.33. The van der Waals surface area contributed by atoms with E-state index in [1.165, 1.54) is 4.90 Å². The third-order valence-corrected chi connectivity index (χ3v) is 3.38. The highest BCUT2D eigenvalue weighted by molar-refractivity contribution is 5.94. The second-order valence-corrected chi connectivity index (χ2v) is 5.13. The van der Waals surface area contributed by atoms with Crippen LogP contribution in [0.1, 0.15) is 28.7 Å². The highest BCUT2D eigenvalue weighted by atomic mass is 16.4. The van der Waals surface area contributed by atoms with Crippen LogP contribution >= 0.6 is 0 Å². The first-order valence-corrected chi connectivity index (χ1v) is 7.07. The van der Waals surface area contributed by atoms with Crippen LogP contribution in [0.5, 0.6) is 0 Å². The number of hydrogen-bond donors (Lipinski definition) is 1. The summed E-state index contributed by atoms with van der Waals surface area (Å²) < 4.78 is 1.68. The van der Waals surface area contributed by atoms with Crippen molar-refractivity contribution in [3.8, 4) is 5.69 Å². The van der Waals surface area contributed by atoms with Crippen LogP contribution in [0.25, 0.3) is 5.69 Å². The monoisotopic (exact) mass is 301 g/mol. The van der Waals surface area contributed by atoms with Gasteiger partial charge in [0.1, 0.15) is 6.54 Å². The van der Waals surface area contributed by atoms with Crippen LogP contribution in [0.3, 0.4) is 0 Å². The van der Waals surface area contributed by atoms with Crippen molar-refractivity contribution in [1.82, 2.24) is 14.7 Å². The molecule has 0 bridgehead atoms. The lowest BCUT2D eigenvalue weighted by Gasteiger charge is -2.16. The van der Waals surface area contributed by atoms with Crippen LogP contribution in [0.2, 0.25) is 0 Å². The Morgan fingerprint density at radius 2 is 1.86 bits per heavy atom. The molecule has 6 nitrogen and oxygen atoms in total. The van der Waals surface area contributed by atoms with Crippen LogP contribution < -0.4 is 0 Å². The van der Waals surface area contributed by atoms with E-state index >= 15 is 0 Å². The summed E-state index contributed by atoms with van der Waals surface area (Å²) in [6.07, 6.45) is 0. The zero-order valence-electron chi connectivity index (χ0n) is 12.9. The van der Waals surface area contributed by atoms with Gasteiger partial charge in [0.2, 0.25) is 0 Å². The minimum Gasteiger partial charge on any atom is -0.480 e. The summed E-state index contributed by atoms with van der Waals surface area (Å²) in [6.45, 7) is 5.59. The lowest BCUT2D eigenvalue weighted by atomic mass is 10.2. The van der Waals surface area contributed by atoms with E-state index in [0.717, 1.165) is 16.9 Å². The van der Waals surface area contributed by atoms with Crippen molar-refractivity contribution in [2.24, 2.45) is 0 Å². The van der Waals surface area contributed by atoms with E-state index in [9.17, 15) is 9.59 Å². The van der Waals surface area contributed by atoms with Crippen molar-refractivity contribution in [1.29, 1.82) is 0 Å². The maximum atomic E-state index is 12.3. The molecule has 0 saturated heterocycles. The molecule has 0 saturated carbocycles. The summed E-state index contributed by atoms with van der Waals surface area (Å²) in [4.78, 5) is 24.4. The van der Waals surface area contributed by atoms with E-state index in [1.807, 2.05) is 38.1 Å². The van der Waals surface area contributed by atoms with Crippen molar-refractivity contribution >= 4 is 11.9 Å². The zero-order chi connectivity index (χ0) is 16.3. The Labute approximate surface area is 129 Å². The van der Waals surface area contributed by atoms with Crippen molar-refractivity contribution in [2.75, 3.05) is 13.1 Å². The van der Waals surface area contributed by atoms with Gasteiger partial charge in [0, 0.05) is 12.2 Å². The summed E-state index contributed by atoms with van der Waals surface area (Å²) in [6, 6.07) is 9.48. The molecular formula is C16H19N3O3. The predicted molar refractivity (Wildman–Crippen MR) is 82.3 cm³/mol. The third-order valence-electron chi connectivity index (χ3n) is 3.38. The van der Waals surface area contributed by atoms with Crippen LogP contribution in [0.4, 0.5) is 0 Å². The molecule has 0 unspecified atom stereocenters. The Hall–Kier alpha value is -2.63. The normalized spacial score (nSPS) is 10.5. The van der Waals surface area contributed by atoms with E-state index in [-0.39, 0.29) is 18.1 Å². The number of aromatic nitrogens is 2. The van der Waals surface area contributed by atoms with Gasteiger partial charge in [0.25, 0.3) is 5.91 Å². The SMILES string of the molecule is CCN(CC(=O)O)C(=O)c1cc(C)n(-c2ccc(C)cc2)n1.